The van der Waals surface area contributed by atoms with Crippen LogP contribution in [0.2, 0.25) is 0 Å². The number of rotatable bonds is 6. The molecule has 0 saturated heterocycles. The SMILES string of the molecule is CC(C)(O)CNC(=O)CSCc1ccc(F)cc1. The lowest BCUT2D eigenvalue weighted by molar-refractivity contribution is -0.119. The van der Waals surface area contributed by atoms with Gasteiger partial charge in [-0.25, -0.2) is 4.39 Å². The lowest BCUT2D eigenvalue weighted by atomic mass is 10.1. The van der Waals surface area contributed by atoms with Gasteiger partial charge in [-0.2, -0.15) is 0 Å². The standard InChI is InChI=1S/C13H18FNO2S/c1-13(2,17)9-15-12(16)8-18-7-10-3-5-11(14)6-4-10/h3-6,17H,7-9H2,1-2H3,(H,15,16). The van der Waals surface area contributed by atoms with E-state index in [0.29, 0.717) is 11.5 Å². The minimum atomic E-state index is -0.892. The summed E-state index contributed by atoms with van der Waals surface area (Å²) in [5.41, 5.74) is 0.0915. The van der Waals surface area contributed by atoms with E-state index in [4.69, 9.17) is 0 Å². The molecule has 1 amide bonds. The first kappa shape index (κ1) is 15.0. The number of carbonyl (C=O) groups is 1. The minimum Gasteiger partial charge on any atom is -0.389 e. The molecule has 0 spiro atoms. The lowest BCUT2D eigenvalue weighted by Gasteiger charge is -2.17. The number of hydrogen-bond acceptors (Lipinski definition) is 3. The molecular formula is C13H18FNO2S. The van der Waals surface area contributed by atoms with E-state index in [1.54, 1.807) is 26.0 Å². The third-order valence-electron chi connectivity index (χ3n) is 2.13. The number of thioether (sulfide) groups is 1. The van der Waals surface area contributed by atoms with Crippen molar-refractivity contribution in [1.29, 1.82) is 0 Å². The zero-order valence-electron chi connectivity index (χ0n) is 10.6. The first-order valence-electron chi connectivity index (χ1n) is 5.68. The Kier molecular flexibility index (Phi) is 5.62. The van der Waals surface area contributed by atoms with Gasteiger partial charge < -0.3 is 10.4 Å². The van der Waals surface area contributed by atoms with Crippen LogP contribution >= 0.6 is 11.8 Å². The van der Waals surface area contributed by atoms with Gasteiger partial charge in [-0.1, -0.05) is 12.1 Å². The van der Waals surface area contributed by atoms with Gasteiger partial charge in [0.1, 0.15) is 5.82 Å². The molecule has 18 heavy (non-hydrogen) atoms. The Morgan fingerprint density at radius 1 is 1.39 bits per heavy atom. The summed E-state index contributed by atoms with van der Waals surface area (Å²) in [6, 6.07) is 6.22. The molecule has 3 nitrogen and oxygen atoms in total. The van der Waals surface area contributed by atoms with Crippen molar-refractivity contribution in [3.63, 3.8) is 0 Å². The average molecular weight is 271 g/mol. The normalized spacial score (nSPS) is 11.3. The Balaban J connectivity index is 2.21. The summed E-state index contributed by atoms with van der Waals surface area (Å²) in [5, 5.41) is 12.1. The number of nitrogens with one attached hydrogen (secondary N) is 1. The van der Waals surface area contributed by atoms with Crippen LogP contribution in [0, 0.1) is 5.82 Å². The molecule has 1 aromatic carbocycles. The number of halogens is 1. The fraction of sp³-hybridized carbons (Fsp3) is 0.462. The fourth-order valence-electron chi connectivity index (χ4n) is 1.21. The first-order valence-corrected chi connectivity index (χ1v) is 6.83. The van der Waals surface area contributed by atoms with E-state index >= 15 is 0 Å². The van der Waals surface area contributed by atoms with Crippen LogP contribution in [0.4, 0.5) is 4.39 Å². The third kappa shape index (κ3) is 6.61. The van der Waals surface area contributed by atoms with Crippen molar-refractivity contribution >= 4 is 17.7 Å². The highest BCUT2D eigenvalue weighted by Crippen LogP contribution is 2.12. The van der Waals surface area contributed by atoms with Crippen LogP contribution < -0.4 is 5.32 Å². The lowest BCUT2D eigenvalue weighted by Crippen LogP contribution is -2.38. The molecule has 1 rings (SSSR count). The van der Waals surface area contributed by atoms with E-state index in [9.17, 15) is 14.3 Å². The van der Waals surface area contributed by atoms with E-state index in [2.05, 4.69) is 5.32 Å². The predicted molar refractivity (Wildman–Crippen MR) is 71.9 cm³/mol. The zero-order chi connectivity index (χ0) is 13.6. The summed E-state index contributed by atoms with van der Waals surface area (Å²) < 4.78 is 12.7. The van der Waals surface area contributed by atoms with Gasteiger partial charge in [-0.3, -0.25) is 4.79 Å². The second-order valence-corrected chi connectivity index (χ2v) is 5.69. The predicted octanol–water partition coefficient (Wildman–Crippen LogP) is 1.95. The van der Waals surface area contributed by atoms with Gasteiger partial charge in [-0.15, -0.1) is 11.8 Å². The highest BCUT2D eigenvalue weighted by molar-refractivity contribution is 7.99. The Morgan fingerprint density at radius 2 is 2.00 bits per heavy atom. The van der Waals surface area contributed by atoms with Crippen LogP contribution in [0.15, 0.2) is 24.3 Å². The van der Waals surface area contributed by atoms with E-state index in [1.807, 2.05) is 0 Å². The number of aliphatic hydroxyl groups is 1. The summed E-state index contributed by atoms with van der Waals surface area (Å²) >= 11 is 1.45. The molecule has 0 fully saturated rings. The molecule has 0 atom stereocenters. The molecule has 0 heterocycles. The average Bonchev–Trinajstić information content (AvgIpc) is 2.28. The summed E-state index contributed by atoms with van der Waals surface area (Å²) in [6.07, 6.45) is 0. The van der Waals surface area contributed by atoms with Crippen molar-refractivity contribution < 1.29 is 14.3 Å². The monoisotopic (exact) mass is 271 g/mol. The summed E-state index contributed by atoms with van der Waals surface area (Å²) in [5.74, 6) is 0.625. The molecule has 0 radical (unpaired) electrons. The molecule has 0 aliphatic carbocycles. The fourth-order valence-corrected chi connectivity index (χ4v) is 2.03. The van der Waals surface area contributed by atoms with Crippen molar-refractivity contribution in [2.45, 2.75) is 25.2 Å². The number of benzene rings is 1. The minimum absolute atomic E-state index is 0.107. The molecule has 0 aliphatic rings. The summed E-state index contributed by atoms with van der Waals surface area (Å²) in [6.45, 7) is 3.51. The topological polar surface area (TPSA) is 49.3 Å². The largest absolute Gasteiger partial charge is 0.389 e. The molecule has 0 bridgehead atoms. The number of amides is 1. The van der Waals surface area contributed by atoms with Crippen molar-refractivity contribution in [3.05, 3.63) is 35.6 Å². The molecule has 100 valence electrons. The van der Waals surface area contributed by atoms with Crippen LogP contribution in [0.5, 0.6) is 0 Å². The van der Waals surface area contributed by atoms with E-state index in [1.165, 1.54) is 23.9 Å². The molecule has 1 aromatic rings. The van der Waals surface area contributed by atoms with E-state index in [0.717, 1.165) is 5.56 Å². The van der Waals surface area contributed by atoms with Crippen LogP contribution in [-0.4, -0.2) is 28.9 Å². The van der Waals surface area contributed by atoms with Gasteiger partial charge in [-0.05, 0) is 31.5 Å². The van der Waals surface area contributed by atoms with Crippen LogP contribution in [0.25, 0.3) is 0 Å². The summed E-state index contributed by atoms with van der Waals surface area (Å²) in [4.78, 5) is 11.4. The quantitative estimate of drug-likeness (QED) is 0.831. The molecule has 5 heteroatoms. The maximum absolute atomic E-state index is 12.7. The maximum Gasteiger partial charge on any atom is 0.230 e. The van der Waals surface area contributed by atoms with Crippen LogP contribution in [-0.2, 0) is 10.5 Å². The van der Waals surface area contributed by atoms with E-state index < -0.39 is 5.60 Å². The third-order valence-corrected chi connectivity index (χ3v) is 3.14. The molecule has 0 saturated carbocycles. The first-order chi connectivity index (χ1) is 8.37. The molecule has 0 aliphatic heterocycles. The van der Waals surface area contributed by atoms with E-state index in [-0.39, 0.29) is 18.3 Å². The Morgan fingerprint density at radius 3 is 2.56 bits per heavy atom. The highest BCUT2D eigenvalue weighted by Gasteiger charge is 2.13. The Bertz CT molecular complexity index is 387. The molecule has 0 unspecified atom stereocenters. The van der Waals surface area contributed by atoms with Gasteiger partial charge in [0.25, 0.3) is 0 Å². The highest BCUT2D eigenvalue weighted by atomic mass is 32.2. The Labute approximate surface area is 111 Å². The van der Waals surface area contributed by atoms with Crippen molar-refractivity contribution in [2.24, 2.45) is 0 Å². The van der Waals surface area contributed by atoms with Crippen LogP contribution in [0.1, 0.15) is 19.4 Å². The maximum atomic E-state index is 12.7. The van der Waals surface area contributed by atoms with Crippen molar-refractivity contribution in [1.82, 2.24) is 5.32 Å². The second-order valence-electron chi connectivity index (χ2n) is 4.71. The van der Waals surface area contributed by atoms with Crippen molar-refractivity contribution in [3.8, 4) is 0 Å². The molecular weight excluding hydrogens is 253 g/mol. The summed E-state index contributed by atoms with van der Waals surface area (Å²) in [7, 11) is 0. The number of hydrogen-bond donors (Lipinski definition) is 2. The zero-order valence-corrected chi connectivity index (χ0v) is 11.4. The number of carbonyl (C=O) groups excluding carboxylic acids is 1. The van der Waals surface area contributed by atoms with Crippen LogP contribution in [0.3, 0.4) is 0 Å². The van der Waals surface area contributed by atoms with Gasteiger partial charge in [0.05, 0.1) is 11.4 Å². The van der Waals surface area contributed by atoms with Gasteiger partial charge in [0.15, 0.2) is 0 Å². The smallest absolute Gasteiger partial charge is 0.230 e. The molecule has 2 N–H and O–H groups in total. The Hall–Kier alpha value is -1.07. The second kappa shape index (κ2) is 6.75. The van der Waals surface area contributed by atoms with Gasteiger partial charge in [0, 0.05) is 12.3 Å². The van der Waals surface area contributed by atoms with Gasteiger partial charge in [0.2, 0.25) is 5.91 Å². The van der Waals surface area contributed by atoms with Gasteiger partial charge >= 0.3 is 0 Å². The van der Waals surface area contributed by atoms with Crippen molar-refractivity contribution in [2.75, 3.05) is 12.3 Å². The molecule has 0 aromatic heterocycles.